The van der Waals surface area contributed by atoms with E-state index in [2.05, 4.69) is 0 Å². The van der Waals surface area contributed by atoms with Gasteiger partial charge in [0.25, 0.3) is 0 Å². The third-order valence-corrected chi connectivity index (χ3v) is 2.45. The molecule has 0 aliphatic carbocycles. The average Bonchev–Trinajstić information content (AvgIpc) is 2.72. The molecule has 0 fully saturated rings. The van der Waals surface area contributed by atoms with E-state index in [1.807, 2.05) is 22.6 Å². The van der Waals surface area contributed by atoms with E-state index in [1.165, 1.54) is 6.08 Å². The molecular formula is C12H13IO5. The summed E-state index contributed by atoms with van der Waals surface area (Å²) in [6.07, 6.45) is 1.32. The second-order valence-electron chi connectivity index (χ2n) is 3.14. The summed E-state index contributed by atoms with van der Waals surface area (Å²) in [7, 11) is 0. The van der Waals surface area contributed by atoms with E-state index in [-0.39, 0.29) is 18.8 Å². The van der Waals surface area contributed by atoms with Gasteiger partial charge in [0.2, 0.25) is 0 Å². The molecule has 0 saturated heterocycles. The quantitative estimate of drug-likeness (QED) is 0.264. The smallest absolute Gasteiger partial charge is 0.345 e. The zero-order valence-electron chi connectivity index (χ0n) is 10.1. The van der Waals surface area contributed by atoms with Crippen molar-refractivity contribution in [2.45, 2.75) is 13.8 Å². The molecule has 0 unspecified atom stereocenters. The van der Waals surface area contributed by atoms with E-state index in [1.54, 1.807) is 26.0 Å². The van der Waals surface area contributed by atoms with Crippen LogP contribution < -0.4 is 0 Å². The monoisotopic (exact) mass is 364 g/mol. The maximum absolute atomic E-state index is 11.6. The van der Waals surface area contributed by atoms with Gasteiger partial charge in [-0.2, -0.15) is 0 Å². The Balaban J connectivity index is 2.99. The van der Waals surface area contributed by atoms with Crippen molar-refractivity contribution in [2.24, 2.45) is 0 Å². The van der Waals surface area contributed by atoms with E-state index in [0.29, 0.717) is 9.53 Å². The van der Waals surface area contributed by atoms with E-state index < -0.39 is 11.9 Å². The van der Waals surface area contributed by atoms with Crippen molar-refractivity contribution in [3.8, 4) is 0 Å². The highest BCUT2D eigenvalue weighted by Gasteiger charge is 2.21. The number of hydrogen-bond acceptors (Lipinski definition) is 5. The molecule has 6 heteroatoms. The second-order valence-corrected chi connectivity index (χ2v) is 4.20. The van der Waals surface area contributed by atoms with Crippen molar-refractivity contribution < 1.29 is 23.5 Å². The molecule has 0 spiro atoms. The molecule has 1 aromatic heterocycles. The van der Waals surface area contributed by atoms with E-state index in [9.17, 15) is 9.59 Å². The third-order valence-electron chi connectivity index (χ3n) is 1.87. The molecule has 0 bridgehead atoms. The predicted octanol–water partition coefficient (Wildman–Crippen LogP) is 2.39. The van der Waals surface area contributed by atoms with Gasteiger partial charge in [-0.15, -0.1) is 0 Å². The van der Waals surface area contributed by atoms with Crippen LogP contribution in [-0.2, 0) is 19.1 Å². The van der Waals surface area contributed by atoms with Crippen LogP contribution in [0, 0.1) is 3.77 Å². The molecule has 1 heterocycles. The minimum absolute atomic E-state index is 0.176. The largest absolute Gasteiger partial charge is 0.462 e. The number of halogens is 1. The molecule has 0 aliphatic rings. The molecule has 1 aromatic rings. The molecule has 1 rings (SSSR count). The van der Waals surface area contributed by atoms with Gasteiger partial charge in [-0.05, 0) is 48.6 Å². The summed E-state index contributed by atoms with van der Waals surface area (Å²) >= 11 is 1.99. The number of hydrogen-bond donors (Lipinski definition) is 0. The van der Waals surface area contributed by atoms with Crippen LogP contribution in [0.5, 0.6) is 0 Å². The molecule has 0 atom stereocenters. The number of rotatable bonds is 5. The number of furan rings is 1. The molecule has 18 heavy (non-hydrogen) atoms. The molecule has 0 aromatic carbocycles. The van der Waals surface area contributed by atoms with Gasteiger partial charge in [-0.25, -0.2) is 9.59 Å². The lowest BCUT2D eigenvalue weighted by molar-refractivity contribution is -0.146. The fourth-order valence-corrected chi connectivity index (χ4v) is 1.60. The molecule has 0 saturated carbocycles. The van der Waals surface area contributed by atoms with Crippen LogP contribution >= 0.6 is 22.6 Å². The van der Waals surface area contributed by atoms with E-state index >= 15 is 0 Å². The van der Waals surface area contributed by atoms with Gasteiger partial charge in [0.1, 0.15) is 11.3 Å². The van der Waals surface area contributed by atoms with Crippen LogP contribution in [0.25, 0.3) is 6.08 Å². The van der Waals surface area contributed by atoms with Gasteiger partial charge in [-0.1, -0.05) is 0 Å². The van der Waals surface area contributed by atoms with Gasteiger partial charge in [0.15, 0.2) is 3.77 Å². The fourth-order valence-electron chi connectivity index (χ4n) is 1.17. The Hall–Kier alpha value is -1.31. The minimum Gasteiger partial charge on any atom is -0.462 e. The van der Waals surface area contributed by atoms with Gasteiger partial charge in [0.05, 0.1) is 13.2 Å². The number of carbonyl (C=O) groups is 2. The molecule has 0 amide bonds. The Morgan fingerprint density at radius 3 is 2.17 bits per heavy atom. The summed E-state index contributed by atoms with van der Waals surface area (Å²) in [5.41, 5.74) is -0.176. The van der Waals surface area contributed by atoms with Crippen LogP contribution in [0.15, 0.2) is 22.1 Å². The fraction of sp³-hybridized carbons (Fsp3) is 0.333. The number of ether oxygens (including phenoxy) is 2. The standard InChI is InChI=1S/C12H13IO5/c1-3-16-11(14)9(12(15)17-4-2)7-8-5-6-10(13)18-8/h5-7H,3-4H2,1-2H3. The topological polar surface area (TPSA) is 65.7 Å². The summed E-state index contributed by atoms with van der Waals surface area (Å²) in [6.45, 7) is 3.70. The first-order valence-corrected chi connectivity index (χ1v) is 6.47. The van der Waals surface area contributed by atoms with Gasteiger partial charge in [0, 0.05) is 6.08 Å². The average molecular weight is 364 g/mol. The van der Waals surface area contributed by atoms with Crippen molar-refractivity contribution in [3.05, 3.63) is 27.2 Å². The van der Waals surface area contributed by atoms with Gasteiger partial charge in [-0.3, -0.25) is 0 Å². The number of esters is 2. The third kappa shape index (κ3) is 4.17. The molecular weight excluding hydrogens is 351 g/mol. The highest BCUT2D eigenvalue weighted by atomic mass is 127. The van der Waals surface area contributed by atoms with Crippen molar-refractivity contribution >= 4 is 40.6 Å². The maximum atomic E-state index is 11.6. The predicted molar refractivity (Wildman–Crippen MR) is 72.7 cm³/mol. The second kappa shape index (κ2) is 7.20. The summed E-state index contributed by atoms with van der Waals surface area (Å²) in [5, 5.41) is 0. The lowest BCUT2D eigenvalue weighted by Crippen LogP contribution is -2.18. The Morgan fingerprint density at radius 2 is 1.78 bits per heavy atom. The van der Waals surface area contributed by atoms with Crippen LogP contribution in [0.3, 0.4) is 0 Å². The Bertz CT molecular complexity index is 441. The summed E-state index contributed by atoms with van der Waals surface area (Å²) in [5.74, 6) is -1.04. The Kier molecular flexibility index (Phi) is 5.90. The van der Waals surface area contributed by atoms with Crippen molar-refractivity contribution in [1.82, 2.24) is 0 Å². The van der Waals surface area contributed by atoms with Gasteiger partial charge < -0.3 is 13.9 Å². The molecule has 0 aliphatic heterocycles. The van der Waals surface area contributed by atoms with Gasteiger partial charge >= 0.3 is 11.9 Å². The Labute approximate surface area is 118 Å². The van der Waals surface area contributed by atoms with E-state index in [0.717, 1.165) is 0 Å². The van der Waals surface area contributed by atoms with Crippen molar-refractivity contribution in [3.63, 3.8) is 0 Å². The van der Waals surface area contributed by atoms with E-state index in [4.69, 9.17) is 13.9 Å². The normalized spacial score (nSPS) is 9.72. The minimum atomic E-state index is -0.720. The zero-order valence-corrected chi connectivity index (χ0v) is 12.2. The molecule has 98 valence electrons. The first kappa shape index (κ1) is 14.7. The van der Waals surface area contributed by atoms with Crippen molar-refractivity contribution in [2.75, 3.05) is 13.2 Å². The van der Waals surface area contributed by atoms with Crippen LogP contribution in [0.4, 0.5) is 0 Å². The molecule has 0 radical (unpaired) electrons. The molecule has 5 nitrogen and oxygen atoms in total. The lowest BCUT2D eigenvalue weighted by Gasteiger charge is -2.05. The summed E-state index contributed by atoms with van der Waals surface area (Å²) in [4.78, 5) is 23.3. The maximum Gasteiger partial charge on any atom is 0.345 e. The lowest BCUT2D eigenvalue weighted by atomic mass is 10.2. The first-order valence-electron chi connectivity index (χ1n) is 5.39. The highest BCUT2D eigenvalue weighted by molar-refractivity contribution is 14.1. The zero-order chi connectivity index (χ0) is 13.5. The molecule has 0 N–H and O–H groups in total. The Morgan fingerprint density at radius 1 is 1.22 bits per heavy atom. The van der Waals surface area contributed by atoms with Crippen LogP contribution in [-0.4, -0.2) is 25.2 Å². The highest BCUT2D eigenvalue weighted by Crippen LogP contribution is 2.15. The first-order chi connectivity index (χ1) is 8.58. The SMILES string of the molecule is CCOC(=O)C(=Cc1ccc(I)o1)C(=O)OCC. The summed E-state index contributed by atoms with van der Waals surface area (Å²) < 4.78 is 15.5. The summed E-state index contributed by atoms with van der Waals surface area (Å²) in [6, 6.07) is 3.38. The van der Waals surface area contributed by atoms with Crippen molar-refractivity contribution in [1.29, 1.82) is 0 Å². The van der Waals surface area contributed by atoms with Crippen LogP contribution in [0.2, 0.25) is 0 Å². The number of carbonyl (C=O) groups excluding carboxylic acids is 2. The van der Waals surface area contributed by atoms with Crippen LogP contribution in [0.1, 0.15) is 19.6 Å².